The largest absolute Gasteiger partial charge is 0.229 e. The average Bonchev–Trinajstić information content (AvgIpc) is 2.16. The van der Waals surface area contributed by atoms with Crippen LogP contribution in [0, 0.1) is 5.82 Å². The van der Waals surface area contributed by atoms with Crippen LogP contribution in [0.25, 0.3) is 0 Å². The molecule has 0 radical (unpaired) electrons. The van der Waals surface area contributed by atoms with Crippen LogP contribution in [0.4, 0.5) is 10.1 Å². The van der Waals surface area contributed by atoms with E-state index in [1.807, 2.05) is 13.0 Å². The van der Waals surface area contributed by atoms with Crippen molar-refractivity contribution in [2.75, 3.05) is 7.05 Å². The van der Waals surface area contributed by atoms with Crippen LogP contribution in [-0.2, 0) is 6.42 Å². The zero-order valence-corrected chi connectivity index (χ0v) is 7.71. The predicted molar refractivity (Wildman–Crippen MR) is 51.2 cm³/mol. The van der Waals surface area contributed by atoms with Gasteiger partial charge in [-0.25, -0.2) is 9.38 Å². The summed E-state index contributed by atoms with van der Waals surface area (Å²) in [4.78, 5) is 7.24. The third-order valence-electron chi connectivity index (χ3n) is 1.69. The molecule has 13 heavy (non-hydrogen) atoms. The van der Waals surface area contributed by atoms with Crippen molar-refractivity contribution in [1.82, 2.24) is 0 Å². The molecule has 1 aromatic carbocycles. The standard InChI is InChI=1S/C10H11FN2/c1-3-8-4-5-10(9(11)6-8)13-7-12-2/h4-6H,3H2,1-2H3. The fourth-order valence-electron chi connectivity index (χ4n) is 0.965. The molecule has 0 saturated carbocycles. The number of halogens is 1. The molecule has 0 fully saturated rings. The number of benzene rings is 1. The SMILES string of the molecule is CCc1ccc(N=C=NC)c(F)c1. The summed E-state index contributed by atoms with van der Waals surface area (Å²) in [6.07, 6.45) is 0.822. The van der Waals surface area contributed by atoms with Gasteiger partial charge in [0, 0.05) is 7.05 Å². The molecule has 0 aliphatic heterocycles. The lowest BCUT2D eigenvalue weighted by atomic mass is 10.1. The van der Waals surface area contributed by atoms with Gasteiger partial charge < -0.3 is 0 Å². The predicted octanol–water partition coefficient (Wildman–Crippen LogP) is 2.82. The molecule has 2 nitrogen and oxygen atoms in total. The summed E-state index contributed by atoms with van der Waals surface area (Å²) in [5.41, 5.74) is 1.24. The van der Waals surface area contributed by atoms with Crippen molar-refractivity contribution >= 4 is 11.7 Å². The van der Waals surface area contributed by atoms with Crippen LogP contribution in [0.1, 0.15) is 12.5 Å². The number of hydrogen-bond donors (Lipinski definition) is 0. The van der Waals surface area contributed by atoms with Crippen LogP contribution in [0.3, 0.4) is 0 Å². The van der Waals surface area contributed by atoms with Crippen LogP contribution in [0.15, 0.2) is 28.2 Å². The molecule has 0 N–H and O–H groups in total. The second-order valence-electron chi connectivity index (χ2n) is 2.57. The van der Waals surface area contributed by atoms with Crippen molar-refractivity contribution in [1.29, 1.82) is 0 Å². The lowest BCUT2D eigenvalue weighted by Crippen LogP contribution is -1.82. The normalized spacial score (nSPS) is 9.15. The quantitative estimate of drug-likeness (QED) is 0.622. The Morgan fingerprint density at radius 3 is 2.77 bits per heavy atom. The van der Waals surface area contributed by atoms with Gasteiger partial charge in [-0.15, -0.1) is 0 Å². The number of aliphatic imine (C=N–C) groups is 2. The third-order valence-corrected chi connectivity index (χ3v) is 1.69. The monoisotopic (exact) mass is 178 g/mol. The second kappa shape index (κ2) is 4.53. The van der Waals surface area contributed by atoms with Crippen LogP contribution in [0.5, 0.6) is 0 Å². The Morgan fingerprint density at radius 2 is 2.23 bits per heavy atom. The second-order valence-corrected chi connectivity index (χ2v) is 2.57. The zero-order valence-electron chi connectivity index (χ0n) is 7.71. The van der Waals surface area contributed by atoms with E-state index >= 15 is 0 Å². The number of hydrogen-bond acceptors (Lipinski definition) is 2. The van der Waals surface area contributed by atoms with Gasteiger partial charge in [-0.05, 0) is 24.1 Å². The number of aryl methyl sites for hydroxylation is 1. The van der Waals surface area contributed by atoms with Gasteiger partial charge >= 0.3 is 0 Å². The Hall–Kier alpha value is -1.47. The average molecular weight is 178 g/mol. The van der Waals surface area contributed by atoms with E-state index in [9.17, 15) is 4.39 Å². The molecule has 3 heteroatoms. The van der Waals surface area contributed by atoms with Crippen molar-refractivity contribution in [3.8, 4) is 0 Å². The maximum absolute atomic E-state index is 13.2. The molecule has 1 rings (SSSR count). The fourth-order valence-corrected chi connectivity index (χ4v) is 0.965. The van der Waals surface area contributed by atoms with Gasteiger partial charge in [0.05, 0.1) is 6.01 Å². The summed E-state index contributed by atoms with van der Waals surface area (Å²) >= 11 is 0. The summed E-state index contributed by atoms with van der Waals surface area (Å²) in [6.45, 7) is 1.98. The van der Waals surface area contributed by atoms with Crippen LogP contribution in [-0.4, -0.2) is 13.1 Å². The van der Waals surface area contributed by atoms with E-state index in [0.717, 1.165) is 12.0 Å². The van der Waals surface area contributed by atoms with Crippen molar-refractivity contribution in [3.05, 3.63) is 29.6 Å². The zero-order chi connectivity index (χ0) is 9.68. The topological polar surface area (TPSA) is 24.7 Å². The smallest absolute Gasteiger partial charge is 0.149 e. The summed E-state index contributed by atoms with van der Waals surface area (Å²) < 4.78 is 13.2. The molecule has 0 aromatic heterocycles. The van der Waals surface area contributed by atoms with E-state index in [0.29, 0.717) is 0 Å². The third kappa shape index (κ3) is 2.49. The molecule has 0 unspecified atom stereocenters. The first-order chi connectivity index (χ1) is 6.27. The molecule has 0 aliphatic rings. The minimum absolute atomic E-state index is 0.280. The Kier molecular flexibility index (Phi) is 3.35. The minimum Gasteiger partial charge on any atom is -0.229 e. The lowest BCUT2D eigenvalue weighted by Gasteiger charge is -1.97. The molecule has 0 spiro atoms. The maximum atomic E-state index is 13.2. The summed E-state index contributed by atoms with van der Waals surface area (Å²) in [6, 6.07) is 7.31. The van der Waals surface area contributed by atoms with Gasteiger partial charge in [-0.2, -0.15) is 4.99 Å². The Bertz CT molecular complexity index is 352. The van der Waals surface area contributed by atoms with E-state index in [4.69, 9.17) is 0 Å². The molecular weight excluding hydrogens is 167 g/mol. The highest BCUT2D eigenvalue weighted by molar-refractivity contribution is 5.53. The highest BCUT2D eigenvalue weighted by Crippen LogP contribution is 2.18. The first kappa shape index (κ1) is 9.62. The maximum Gasteiger partial charge on any atom is 0.149 e. The summed E-state index contributed by atoms with van der Waals surface area (Å²) in [5.74, 6) is -0.324. The molecule has 0 aliphatic carbocycles. The van der Waals surface area contributed by atoms with Crippen molar-refractivity contribution in [3.63, 3.8) is 0 Å². The van der Waals surface area contributed by atoms with Gasteiger partial charge in [-0.3, -0.25) is 0 Å². The molecule has 1 aromatic rings. The minimum atomic E-state index is -0.324. The summed E-state index contributed by atoms with van der Waals surface area (Å²) in [7, 11) is 1.54. The van der Waals surface area contributed by atoms with Gasteiger partial charge in [0.2, 0.25) is 0 Å². The molecular formula is C10H11FN2. The molecule has 0 saturated heterocycles. The van der Waals surface area contributed by atoms with Gasteiger partial charge in [-0.1, -0.05) is 13.0 Å². The van der Waals surface area contributed by atoms with Crippen molar-refractivity contribution in [2.45, 2.75) is 13.3 Å². The van der Waals surface area contributed by atoms with Gasteiger partial charge in [0.25, 0.3) is 0 Å². The van der Waals surface area contributed by atoms with E-state index in [-0.39, 0.29) is 11.5 Å². The van der Waals surface area contributed by atoms with Crippen molar-refractivity contribution < 1.29 is 4.39 Å². The Balaban J connectivity index is 3.05. The number of nitrogens with zero attached hydrogens (tertiary/aromatic N) is 2. The Labute approximate surface area is 76.8 Å². The molecule has 68 valence electrons. The van der Waals surface area contributed by atoms with E-state index in [2.05, 4.69) is 16.0 Å². The highest BCUT2D eigenvalue weighted by Gasteiger charge is 1.99. The molecule has 0 bridgehead atoms. The highest BCUT2D eigenvalue weighted by atomic mass is 19.1. The molecule has 0 atom stereocenters. The first-order valence-electron chi connectivity index (χ1n) is 4.11. The van der Waals surface area contributed by atoms with Crippen LogP contribution in [0.2, 0.25) is 0 Å². The summed E-state index contributed by atoms with van der Waals surface area (Å²) in [5, 5.41) is 0. The van der Waals surface area contributed by atoms with Crippen molar-refractivity contribution in [2.24, 2.45) is 9.98 Å². The van der Waals surface area contributed by atoms with Crippen LogP contribution < -0.4 is 0 Å². The molecule has 0 heterocycles. The number of rotatable bonds is 2. The van der Waals surface area contributed by atoms with Gasteiger partial charge in [0.15, 0.2) is 0 Å². The first-order valence-corrected chi connectivity index (χ1v) is 4.11. The molecule has 0 amide bonds. The fraction of sp³-hybridized carbons (Fsp3) is 0.300. The van der Waals surface area contributed by atoms with E-state index < -0.39 is 0 Å². The van der Waals surface area contributed by atoms with E-state index in [1.54, 1.807) is 13.1 Å². The van der Waals surface area contributed by atoms with E-state index in [1.165, 1.54) is 6.07 Å². The van der Waals surface area contributed by atoms with Gasteiger partial charge in [0.1, 0.15) is 11.5 Å². The van der Waals surface area contributed by atoms with Crippen LogP contribution >= 0.6 is 0 Å². The lowest BCUT2D eigenvalue weighted by molar-refractivity contribution is 0.628. The Morgan fingerprint density at radius 1 is 1.46 bits per heavy atom.